The summed E-state index contributed by atoms with van der Waals surface area (Å²) in [4.78, 5) is 17.5. The van der Waals surface area contributed by atoms with Crippen molar-refractivity contribution >= 4 is 32.2 Å². The van der Waals surface area contributed by atoms with Gasteiger partial charge < -0.3 is 10.1 Å². The molecular weight excluding hydrogens is 517 g/mol. The summed E-state index contributed by atoms with van der Waals surface area (Å²) >= 11 is 0. The number of halogens is 1. The Morgan fingerprint density at radius 2 is 2.03 bits per heavy atom. The topological polar surface area (TPSA) is 110 Å². The second-order valence-electron chi connectivity index (χ2n) is 11.2. The molecule has 1 amide bonds. The number of hydrogen-bond acceptors (Lipinski definition) is 6. The summed E-state index contributed by atoms with van der Waals surface area (Å²) in [7, 11) is -2.91. The maximum atomic E-state index is 15.3. The number of fused-ring (bicyclic) bond motifs is 1. The largest absolute Gasteiger partial charge is 0.453 e. The van der Waals surface area contributed by atoms with Gasteiger partial charge in [0.25, 0.3) is 0 Å². The van der Waals surface area contributed by atoms with Crippen LogP contribution in [0.5, 0.6) is 11.5 Å². The standard InChI is InChI=1S/C29H28FN5O3S/c1-17-8-18(10-27(36)34-20-15-33-35(16-20)29-12-19(13-29)14-29)9-24(30)28(17)38-26-6-7-32-25-5-4-22(11-23(25)26)39(31,37)21-2-3-21/h4-9,11,15-16,19,21,31H,2-3,10,12-14H2,1H3,(H,34,36). The van der Waals surface area contributed by atoms with Gasteiger partial charge in [-0.05, 0) is 86.4 Å². The van der Waals surface area contributed by atoms with Gasteiger partial charge in [-0.15, -0.1) is 0 Å². The Kier molecular flexibility index (Phi) is 5.35. The normalized spacial score (nSPS) is 23.0. The number of ether oxygens (including phenoxy) is 1. The fraction of sp³-hybridized carbons (Fsp3) is 0.345. The minimum absolute atomic E-state index is 0.0109. The molecule has 200 valence electrons. The van der Waals surface area contributed by atoms with E-state index in [0.717, 1.165) is 38.0 Å². The molecule has 2 aromatic carbocycles. The molecular formula is C29H28FN5O3S. The number of rotatable bonds is 8. The SMILES string of the molecule is Cc1cc(CC(=O)Nc2cnn(C34CC(C3)C4)c2)cc(F)c1Oc1ccnc2ccc(S(=N)(=O)C3CC3)cc12. The predicted molar refractivity (Wildman–Crippen MR) is 145 cm³/mol. The second kappa shape index (κ2) is 8.61. The van der Waals surface area contributed by atoms with Crippen molar-refractivity contribution in [2.24, 2.45) is 5.92 Å². The molecule has 8 nitrogen and oxygen atoms in total. The van der Waals surface area contributed by atoms with E-state index in [2.05, 4.69) is 15.4 Å². The van der Waals surface area contributed by atoms with Crippen LogP contribution >= 0.6 is 0 Å². The number of nitrogens with one attached hydrogen (secondary N) is 2. The molecule has 4 aromatic rings. The summed E-state index contributed by atoms with van der Waals surface area (Å²) in [6.45, 7) is 1.73. The lowest BCUT2D eigenvalue weighted by Gasteiger charge is -2.61. The highest BCUT2D eigenvalue weighted by Gasteiger charge is 2.58. The molecule has 0 radical (unpaired) electrons. The van der Waals surface area contributed by atoms with Crippen LogP contribution in [0.2, 0.25) is 0 Å². The van der Waals surface area contributed by atoms with Crippen molar-refractivity contribution in [3.63, 3.8) is 0 Å². The lowest BCUT2D eigenvalue weighted by molar-refractivity contribution is -0.115. The minimum atomic E-state index is -2.91. The number of carbonyl (C=O) groups is 1. The van der Waals surface area contributed by atoms with Crippen LogP contribution in [0.15, 0.2) is 59.9 Å². The number of pyridine rings is 1. The lowest BCUT2D eigenvalue weighted by atomic mass is 9.50. The van der Waals surface area contributed by atoms with Gasteiger partial charge in [0.15, 0.2) is 11.6 Å². The average Bonchev–Trinajstić information content (AvgIpc) is 3.61. The molecule has 39 heavy (non-hydrogen) atoms. The highest BCUT2D eigenvalue weighted by atomic mass is 32.2. The molecule has 2 heterocycles. The summed E-state index contributed by atoms with van der Waals surface area (Å²) in [6, 6.07) is 9.75. The fourth-order valence-corrected chi connectivity index (χ4v) is 7.61. The number of anilines is 1. The van der Waals surface area contributed by atoms with Gasteiger partial charge in [-0.25, -0.2) is 13.4 Å². The van der Waals surface area contributed by atoms with Crippen LogP contribution in [0.4, 0.5) is 10.1 Å². The van der Waals surface area contributed by atoms with E-state index in [0.29, 0.717) is 38.4 Å². The maximum absolute atomic E-state index is 15.3. The number of carbonyl (C=O) groups excluding carboxylic acids is 1. The maximum Gasteiger partial charge on any atom is 0.228 e. The quantitative estimate of drug-likeness (QED) is 0.285. The minimum Gasteiger partial charge on any atom is -0.453 e. The van der Waals surface area contributed by atoms with Crippen LogP contribution in [0, 0.1) is 23.4 Å². The molecule has 2 bridgehead atoms. The second-order valence-corrected chi connectivity index (χ2v) is 13.6. The first-order chi connectivity index (χ1) is 18.7. The van der Waals surface area contributed by atoms with E-state index in [9.17, 15) is 9.00 Å². The number of nitrogens with zero attached hydrogens (tertiary/aromatic N) is 3. The van der Waals surface area contributed by atoms with Crippen molar-refractivity contribution in [1.82, 2.24) is 14.8 Å². The van der Waals surface area contributed by atoms with Crippen LogP contribution in [-0.4, -0.2) is 30.1 Å². The first-order valence-corrected chi connectivity index (χ1v) is 14.8. The van der Waals surface area contributed by atoms with E-state index in [-0.39, 0.29) is 28.9 Å². The van der Waals surface area contributed by atoms with Gasteiger partial charge in [-0.3, -0.25) is 14.5 Å². The van der Waals surface area contributed by atoms with Crippen molar-refractivity contribution < 1.29 is 18.1 Å². The third-order valence-electron chi connectivity index (χ3n) is 8.24. The van der Waals surface area contributed by atoms with Crippen molar-refractivity contribution in [1.29, 1.82) is 4.78 Å². The number of hydrogen-bond donors (Lipinski definition) is 2. The van der Waals surface area contributed by atoms with E-state index in [1.54, 1.807) is 49.6 Å². The number of aromatic nitrogens is 3. The predicted octanol–water partition coefficient (Wildman–Crippen LogP) is 5.93. The van der Waals surface area contributed by atoms with Gasteiger partial charge >= 0.3 is 0 Å². The van der Waals surface area contributed by atoms with E-state index >= 15 is 4.39 Å². The number of aryl methyl sites for hydroxylation is 1. The van der Waals surface area contributed by atoms with Gasteiger partial charge in [-0.1, -0.05) is 6.07 Å². The van der Waals surface area contributed by atoms with Gasteiger partial charge in [0.1, 0.15) is 5.75 Å². The Bertz CT molecular complexity index is 1720. The van der Waals surface area contributed by atoms with Crippen molar-refractivity contribution in [2.75, 3.05) is 5.32 Å². The van der Waals surface area contributed by atoms with Gasteiger partial charge in [0.2, 0.25) is 5.91 Å². The summed E-state index contributed by atoms with van der Waals surface area (Å²) in [5, 5.41) is 7.75. The highest BCUT2D eigenvalue weighted by molar-refractivity contribution is 7.93. The van der Waals surface area contributed by atoms with Crippen molar-refractivity contribution in [2.45, 2.75) is 61.1 Å². The summed E-state index contributed by atoms with van der Waals surface area (Å²) in [6.07, 6.45) is 10.2. The van der Waals surface area contributed by atoms with Crippen molar-refractivity contribution in [3.05, 3.63) is 71.9 Å². The molecule has 0 aliphatic heterocycles. The average molecular weight is 546 g/mol. The summed E-state index contributed by atoms with van der Waals surface area (Å²) in [5.41, 5.74) is 2.47. The number of benzene rings is 2. The fourth-order valence-electron chi connectivity index (χ4n) is 5.86. The zero-order valence-electron chi connectivity index (χ0n) is 21.4. The molecule has 0 spiro atoms. The molecule has 2 N–H and O–H groups in total. The first kappa shape index (κ1) is 24.3. The van der Waals surface area contributed by atoms with Crippen LogP contribution in [0.25, 0.3) is 10.9 Å². The molecule has 4 fully saturated rings. The molecule has 4 aliphatic rings. The molecule has 10 heteroatoms. The van der Waals surface area contributed by atoms with Crippen molar-refractivity contribution in [3.8, 4) is 11.5 Å². The van der Waals surface area contributed by atoms with E-state index in [4.69, 9.17) is 9.52 Å². The summed E-state index contributed by atoms with van der Waals surface area (Å²) in [5.74, 6) is 0.409. The molecule has 1 atom stereocenters. The zero-order chi connectivity index (χ0) is 26.9. The first-order valence-electron chi connectivity index (χ1n) is 13.2. The Labute approximate surface area is 225 Å². The summed E-state index contributed by atoms with van der Waals surface area (Å²) < 4.78 is 44.6. The van der Waals surface area contributed by atoms with E-state index in [1.165, 1.54) is 6.07 Å². The molecule has 0 saturated heterocycles. The van der Waals surface area contributed by atoms with Gasteiger partial charge in [-0.2, -0.15) is 5.10 Å². The molecule has 2 aromatic heterocycles. The Balaban J connectivity index is 1.09. The van der Waals surface area contributed by atoms with Crippen LogP contribution in [-0.2, 0) is 26.5 Å². The zero-order valence-corrected chi connectivity index (χ0v) is 22.3. The highest BCUT2D eigenvalue weighted by Crippen LogP contribution is 2.62. The Morgan fingerprint density at radius 3 is 2.72 bits per heavy atom. The van der Waals surface area contributed by atoms with Gasteiger partial charge in [0, 0.05) is 27.9 Å². The van der Waals surface area contributed by atoms with E-state index in [1.807, 2.05) is 10.9 Å². The monoisotopic (exact) mass is 545 g/mol. The Morgan fingerprint density at radius 1 is 1.23 bits per heavy atom. The van der Waals surface area contributed by atoms with Crippen LogP contribution in [0.1, 0.15) is 43.2 Å². The van der Waals surface area contributed by atoms with Gasteiger partial charge in [0.05, 0.1) is 39.1 Å². The smallest absolute Gasteiger partial charge is 0.228 e. The van der Waals surface area contributed by atoms with Crippen LogP contribution < -0.4 is 10.1 Å². The molecule has 1 unspecified atom stereocenters. The van der Waals surface area contributed by atoms with Crippen LogP contribution in [0.3, 0.4) is 0 Å². The molecule has 4 saturated carbocycles. The van der Waals surface area contributed by atoms with E-state index < -0.39 is 15.5 Å². The molecule has 4 aliphatic carbocycles. The third-order valence-corrected chi connectivity index (χ3v) is 10.6. The lowest BCUT2D eigenvalue weighted by Crippen LogP contribution is -2.59. The third kappa shape index (κ3) is 4.17. The molecule has 8 rings (SSSR count). The number of amides is 1. The Hall–Kier alpha value is -3.79.